The number of pyridine rings is 4. The summed E-state index contributed by atoms with van der Waals surface area (Å²) in [6, 6.07) is 17.3. The number of nitrogens with zero attached hydrogens (tertiary/aromatic N) is 20. The van der Waals surface area contributed by atoms with E-state index in [1.54, 1.807) is 80.7 Å². The molecule has 0 bridgehead atoms. The van der Waals surface area contributed by atoms with Gasteiger partial charge in [0.05, 0.1) is 55.3 Å². The van der Waals surface area contributed by atoms with Crippen LogP contribution in [0.25, 0.3) is 67.6 Å². The first kappa shape index (κ1) is 70.7. The molecule has 3 saturated carbocycles. The number of hydrogen-bond donors (Lipinski definition) is 0. The van der Waals surface area contributed by atoms with E-state index in [9.17, 15) is 70.2 Å². The van der Waals surface area contributed by atoms with Gasteiger partial charge in [-0.05, 0) is 107 Å². The third kappa shape index (κ3) is 13.0. The van der Waals surface area contributed by atoms with Crippen molar-refractivity contribution in [2.45, 2.75) is 121 Å². The van der Waals surface area contributed by atoms with Crippen LogP contribution in [0.4, 0.5) is 70.2 Å². The lowest BCUT2D eigenvalue weighted by molar-refractivity contribution is -0.325. The summed E-state index contributed by atoms with van der Waals surface area (Å²) in [5, 5.41) is 48.1. The van der Waals surface area contributed by atoms with E-state index in [0.717, 1.165) is 36.8 Å². The topological polar surface area (TPSA) is 270 Å². The van der Waals surface area contributed by atoms with Crippen LogP contribution in [0.2, 0.25) is 0 Å². The van der Waals surface area contributed by atoms with E-state index < -0.39 is 120 Å². The zero-order valence-corrected chi connectivity index (χ0v) is 52.0. The number of halogens is 16. The van der Waals surface area contributed by atoms with E-state index >= 15 is 0 Å². The average Bonchev–Trinajstić information content (AvgIpc) is 1.72. The molecule has 16 rings (SSSR count). The molecule has 0 radical (unpaired) electrons. The van der Waals surface area contributed by atoms with E-state index in [1.807, 2.05) is 6.92 Å². The number of ether oxygens (including phenoxy) is 5. The van der Waals surface area contributed by atoms with Gasteiger partial charge in [-0.3, -0.25) is 0 Å². The van der Waals surface area contributed by atoms with Gasteiger partial charge < -0.3 is 23.7 Å². The second kappa shape index (κ2) is 25.8. The highest BCUT2D eigenvalue weighted by atomic mass is 19.3. The molecular formula is C61H48F16N20O5. The number of alkyl halides is 12. The van der Waals surface area contributed by atoms with E-state index in [1.165, 1.54) is 25.8 Å². The Morgan fingerprint density at radius 3 is 0.824 bits per heavy atom. The molecule has 0 aromatic carbocycles. The van der Waals surface area contributed by atoms with Crippen molar-refractivity contribution < 1.29 is 93.9 Å². The number of rotatable bonds is 12. The summed E-state index contributed by atoms with van der Waals surface area (Å²) in [4.78, 5) is 15.0. The van der Waals surface area contributed by atoms with Crippen LogP contribution in [0.1, 0.15) is 56.9 Å². The standard InChI is InChI=1S/3C15H10F5N5O.C15H14FN5O2.CH4/c3*1-7-22-23-12-3-2-10(24-25(7)12)8-4-9(16)13(21-6-8)26-11-5-14(17,18)15(11,19)20;1-9-18-19-13-4-3-12(20-21(9)13)10-5-11(16)14(17-6-10)23-15(2)7-22-8-15;/h3*2-4,6,11H,5H2,1H3;3-6H,7-8H2,1-2H3;1H4/t2*11-;;;/m10.../s1. The van der Waals surface area contributed by atoms with Crippen LogP contribution >= 0.6 is 0 Å². The van der Waals surface area contributed by atoms with Gasteiger partial charge in [0.15, 0.2) is 93.1 Å². The molecule has 1 aliphatic heterocycles. The van der Waals surface area contributed by atoms with Gasteiger partial charge in [0.1, 0.15) is 0 Å². The molecule has 4 aliphatic rings. The van der Waals surface area contributed by atoms with Crippen molar-refractivity contribution in [3.05, 3.63) is 144 Å². The third-order valence-electron chi connectivity index (χ3n) is 16.0. The number of aryl methyl sites for hydroxylation is 4. The highest BCUT2D eigenvalue weighted by Gasteiger charge is 2.75. The number of hydrogen-bond acceptors (Lipinski definition) is 21. The maximum Gasteiger partial charge on any atom is 0.346 e. The molecule has 41 heteroatoms. The molecule has 534 valence electrons. The summed E-state index contributed by atoms with van der Waals surface area (Å²) < 4.78 is 244. The molecule has 12 aromatic rings. The van der Waals surface area contributed by atoms with Gasteiger partial charge in [-0.2, -0.15) is 91.1 Å². The Morgan fingerprint density at radius 1 is 0.373 bits per heavy atom. The first-order chi connectivity index (χ1) is 47.6. The van der Waals surface area contributed by atoms with Crippen LogP contribution in [0.5, 0.6) is 23.5 Å². The third-order valence-corrected chi connectivity index (χ3v) is 16.0. The summed E-state index contributed by atoms with van der Waals surface area (Å²) in [6.07, 6.45) is -4.98. The fourth-order valence-corrected chi connectivity index (χ4v) is 10.0. The Hall–Kier alpha value is -11.2. The fourth-order valence-electron chi connectivity index (χ4n) is 10.0. The molecular weight excluding hydrogens is 1400 g/mol. The quantitative estimate of drug-likeness (QED) is 0.103. The summed E-state index contributed by atoms with van der Waals surface area (Å²) in [6.45, 7) is 9.56. The molecule has 13 heterocycles. The summed E-state index contributed by atoms with van der Waals surface area (Å²) >= 11 is 0. The zero-order valence-electron chi connectivity index (χ0n) is 52.0. The van der Waals surface area contributed by atoms with Crippen molar-refractivity contribution in [1.29, 1.82) is 0 Å². The second-order valence-corrected chi connectivity index (χ2v) is 23.4. The minimum atomic E-state index is -4.36. The summed E-state index contributed by atoms with van der Waals surface area (Å²) in [5.41, 5.74) is 4.48. The number of fused-ring (bicyclic) bond motifs is 4. The first-order valence-corrected chi connectivity index (χ1v) is 29.5. The molecule has 12 aromatic heterocycles. The van der Waals surface area contributed by atoms with Crippen molar-refractivity contribution in [1.82, 2.24) is 99.2 Å². The van der Waals surface area contributed by atoms with Crippen molar-refractivity contribution in [2.24, 2.45) is 0 Å². The molecule has 3 aliphatic carbocycles. The lowest BCUT2D eigenvalue weighted by Gasteiger charge is -2.42. The van der Waals surface area contributed by atoms with Crippen LogP contribution in [0.3, 0.4) is 0 Å². The van der Waals surface area contributed by atoms with E-state index in [0.29, 0.717) is 87.4 Å². The molecule has 0 N–H and O–H groups in total. The van der Waals surface area contributed by atoms with Crippen molar-refractivity contribution >= 4 is 22.6 Å². The molecule has 1 unspecified atom stereocenters. The molecule has 25 nitrogen and oxygen atoms in total. The molecule has 0 amide bonds. The average molecular weight is 1450 g/mol. The van der Waals surface area contributed by atoms with Crippen LogP contribution < -0.4 is 18.9 Å². The van der Waals surface area contributed by atoms with Crippen LogP contribution in [0.15, 0.2) is 97.6 Å². The fraction of sp³-hybridized carbons (Fsp3) is 0.344. The van der Waals surface area contributed by atoms with Gasteiger partial charge in [0, 0.05) is 47.0 Å². The molecule has 1 saturated heterocycles. The van der Waals surface area contributed by atoms with Crippen LogP contribution in [-0.2, 0) is 4.74 Å². The predicted octanol–water partition coefficient (Wildman–Crippen LogP) is 11.6. The lowest BCUT2D eigenvalue weighted by Crippen LogP contribution is -2.64. The Bertz CT molecular complexity index is 4790. The summed E-state index contributed by atoms with van der Waals surface area (Å²) in [5.74, 6) is -29.4. The minimum Gasteiger partial charge on any atom is -0.465 e. The van der Waals surface area contributed by atoms with Crippen LogP contribution in [-0.4, -0.2) is 172 Å². The smallest absolute Gasteiger partial charge is 0.346 e. The lowest BCUT2D eigenvalue weighted by atomic mass is 9.85. The van der Waals surface area contributed by atoms with Gasteiger partial charge in [0.2, 0.25) is 0 Å². The van der Waals surface area contributed by atoms with Gasteiger partial charge in [0.25, 0.3) is 23.5 Å². The Morgan fingerprint density at radius 2 is 0.618 bits per heavy atom. The van der Waals surface area contributed by atoms with Gasteiger partial charge in [-0.15, -0.1) is 40.8 Å². The number of aromatic nitrogens is 20. The largest absolute Gasteiger partial charge is 0.465 e. The van der Waals surface area contributed by atoms with E-state index in [4.69, 9.17) is 9.47 Å². The molecule has 0 spiro atoms. The Kier molecular flexibility index (Phi) is 17.9. The van der Waals surface area contributed by atoms with Crippen molar-refractivity contribution in [2.75, 3.05) is 13.2 Å². The summed E-state index contributed by atoms with van der Waals surface area (Å²) in [7, 11) is 0. The maximum absolute atomic E-state index is 14.3. The molecule has 3 atom stereocenters. The van der Waals surface area contributed by atoms with E-state index in [2.05, 4.69) is 95.3 Å². The van der Waals surface area contributed by atoms with Gasteiger partial charge >= 0.3 is 35.5 Å². The zero-order chi connectivity index (χ0) is 72.1. The normalized spacial score (nSPS) is 19.6. The first-order valence-electron chi connectivity index (χ1n) is 29.5. The van der Waals surface area contributed by atoms with Gasteiger partial charge in [-0.1, -0.05) is 7.43 Å². The van der Waals surface area contributed by atoms with Gasteiger partial charge in [-0.25, -0.2) is 37.5 Å². The second-order valence-electron chi connectivity index (χ2n) is 23.4. The molecule has 4 fully saturated rings. The SMILES string of the molecule is C.Cc1nnc2ccc(-c3cnc(OC4(C)COC4)c(F)c3)nn12.Cc1nnc2ccc(-c3cnc(OC4CC(F)(F)C4(F)F)c(F)c3)nn12.Cc1nnc2ccc(-c3cnc(O[C@@H]4CC(F)(F)C4(F)F)c(F)c3)nn12.Cc1nnc2ccc(-c3cnc(O[C@H]4CC(F)(F)C4(F)F)c(F)c3)nn12. The van der Waals surface area contributed by atoms with Crippen molar-refractivity contribution in [3.63, 3.8) is 0 Å². The Balaban J connectivity index is 0.000000128. The predicted molar refractivity (Wildman–Crippen MR) is 318 cm³/mol. The maximum atomic E-state index is 14.3. The van der Waals surface area contributed by atoms with Crippen LogP contribution in [0, 0.1) is 51.0 Å². The monoisotopic (exact) mass is 1440 g/mol. The molecule has 102 heavy (non-hydrogen) atoms. The Labute approximate surface area is 560 Å². The van der Waals surface area contributed by atoms with E-state index in [-0.39, 0.29) is 30.0 Å². The minimum absolute atomic E-state index is 0. The van der Waals surface area contributed by atoms with Crippen molar-refractivity contribution in [3.8, 4) is 68.5 Å². The highest BCUT2D eigenvalue weighted by molar-refractivity contribution is 5.63. The highest BCUT2D eigenvalue weighted by Crippen LogP contribution is 2.55.